The number of fused-ring (bicyclic) bond motifs is 1. The molecule has 0 radical (unpaired) electrons. The first-order chi connectivity index (χ1) is 19.1. The van der Waals surface area contributed by atoms with Crippen LogP contribution < -0.4 is 10.1 Å². The molecular formula is C30H38N6O2S. The Morgan fingerprint density at radius 2 is 1.74 bits per heavy atom. The Labute approximate surface area is 235 Å². The SMILES string of the molecule is CCN(CC)CCN(Cc1ccc(OC)cc1)C(=O)c1ccc(-c2cnc3ccc(NCCSC)nn23)cc1. The lowest BCUT2D eigenvalue weighted by molar-refractivity contribution is 0.0724. The molecule has 0 aliphatic carbocycles. The Balaban J connectivity index is 1.54. The van der Waals surface area contributed by atoms with Crippen LogP contribution in [0.2, 0.25) is 0 Å². The molecule has 8 nitrogen and oxygen atoms in total. The number of aromatic nitrogens is 3. The fourth-order valence-electron chi connectivity index (χ4n) is 4.42. The van der Waals surface area contributed by atoms with E-state index in [4.69, 9.17) is 9.84 Å². The van der Waals surface area contributed by atoms with E-state index in [1.807, 2.05) is 76.3 Å². The maximum Gasteiger partial charge on any atom is 0.254 e. The normalized spacial score (nSPS) is 11.2. The molecule has 9 heteroatoms. The van der Waals surface area contributed by atoms with E-state index < -0.39 is 0 Å². The first kappa shape index (κ1) is 28.4. The van der Waals surface area contributed by atoms with Gasteiger partial charge in [0.25, 0.3) is 5.91 Å². The molecule has 0 bridgehead atoms. The molecule has 0 unspecified atom stereocenters. The number of hydrogen-bond donors (Lipinski definition) is 1. The number of likely N-dealkylation sites (N-methyl/N-ethyl adjacent to an activating group) is 1. The van der Waals surface area contributed by atoms with Gasteiger partial charge in [0.05, 0.1) is 19.0 Å². The highest BCUT2D eigenvalue weighted by molar-refractivity contribution is 7.98. The first-order valence-corrected chi connectivity index (χ1v) is 14.8. The minimum atomic E-state index is 0.0149. The van der Waals surface area contributed by atoms with Crippen molar-refractivity contribution < 1.29 is 9.53 Å². The quantitative estimate of drug-likeness (QED) is 0.219. The molecule has 4 rings (SSSR count). The summed E-state index contributed by atoms with van der Waals surface area (Å²) < 4.78 is 7.14. The molecule has 2 aromatic heterocycles. The third-order valence-electron chi connectivity index (χ3n) is 6.80. The predicted octanol–water partition coefficient (Wildman–Crippen LogP) is 5.16. The van der Waals surface area contributed by atoms with Crippen molar-refractivity contribution in [2.24, 2.45) is 0 Å². The summed E-state index contributed by atoms with van der Waals surface area (Å²) in [5.41, 5.74) is 4.35. The van der Waals surface area contributed by atoms with Crippen LogP contribution in [-0.2, 0) is 6.54 Å². The largest absolute Gasteiger partial charge is 0.497 e. The zero-order valence-electron chi connectivity index (χ0n) is 23.3. The van der Waals surface area contributed by atoms with E-state index in [2.05, 4.69) is 35.3 Å². The Bertz CT molecular complexity index is 1340. The summed E-state index contributed by atoms with van der Waals surface area (Å²) in [6.45, 7) is 9.07. The van der Waals surface area contributed by atoms with Gasteiger partial charge in [0.15, 0.2) is 5.65 Å². The minimum absolute atomic E-state index is 0.0149. The van der Waals surface area contributed by atoms with E-state index in [0.29, 0.717) is 18.7 Å². The number of imidazole rings is 1. The van der Waals surface area contributed by atoms with Gasteiger partial charge >= 0.3 is 0 Å². The van der Waals surface area contributed by atoms with Gasteiger partial charge in [-0.2, -0.15) is 11.8 Å². The molecule has 0 aliphatic heterocycles. The molecule has 0 aliphatic rings. The van der Waals surface area contributed by atoms with Gasteiger partial charge in [0, 0.05) is 43.1 Å². The molecule has 39 heavy (non-hydrogen) atoms. The van der Waals surface area contributed by atoms with E-state index in [1.165, 1.54) is 0 Å². The first-order valence-electron chi connectivity index (χ1n) is 13.4. The average molecular weight is 547 g/mol. The van der Waals surface area contributed by atoms with Crippen LogP contribution in [0.25, 0.3) is 16.9 Å². The van der Waals surface area contributed by atoms with Crippen LogP contribution >= 0.6 is 11.8 Å². The van der Waals surface area contributed by atoms with Gasteiger partial charge in [-0.3, -0.25) is 4.79 Å². The Morgan fingerprint density at radius 1 is 1.00 bits per heavy atom. The number of carbonyl (C=O) groups is 1. The van der Waals surface area contributed by atoms with Gasteiger partial charge in [-0.1, -0.05) is 38.1 Å². The lowest BCUT2D eigenvalue weighted by Crippen LogP contribution is -2.38. The molecule has 2 aromatic carbocycles. The van der Waals surface area contributed by atoms with E-state index >= 15 is 0 Å². The topological polar surface area (TPSA) is 75.0 Å². The second-order valence-corrected chi connectivity index (χ2v) is 10.2. The van der Waals surface area contributed by atoms with Crippen LogP contribution in [0, 0.1) is 0 Å². The third kappa shape index (κ3) is 7.30. The van der Waals surface area contributed by atoms with Crippen molar-refractivity contribution >= 4 is 29.1 Å². The van der Waals surface area contributed by atoms with Crippen molar-refractivity contribution in [3.8, 4) is 17.0 Å². The molecule has 0 saturated heterocycles. The molecular weight excluding hydrogens is 508 g/mol. The van der Waals surface area contributed by atoms with Crippen molar-refractivity contribution in [1.29, 1.82) is 0 Å². The number of hydrogen-bond acceptors (Lipinski definition) is 7. The second-order valence-electron chi connectivity index (χ2n) is 9.23. The smallest absolute Gasteiger partial charge is 0.254 e. The van der Waals surface area contributed by atoms with Crippen LogP contribution in [0.4, 0.5) is 5.82 Å². The number of methoxy groups -OCH3 is 1. The van der Waals surface area contributed by atoms with E-state index in [9.17, 15) is 4.79 Å². The number of nitrogens with one attached hydrogen (secondary N) is 1. The number of benzene rings is 2. The van der Waals surface area contributed by atoms with Gasteiger partial charge in [-0.05, 0) is 61.3 Å². The van der Waals surface area contributed by atoms with Crippen LogP contribution in [0.3, 0.4) is 0 Å². The number of thioether (sulfide) groups is 1. The summed E-state index contributed by atoms with van der Waals surface area (Å²) in [7, 11) is 1.66. The van der Waals surface area contributed by atoms with E-state index in [-0.39, 0.29) is 5.91 Å². The molecule has 2 heterocycles. The van der Waals surface area contributed by atoms with Gasteiger partial charge in [-0.15, -0.1) is 5.10 Å². The molecule has 0 spiro atoms. The number of carbonyl (C=O) groups excluding carboxylic acids is 1. The summed E-state index contributed by atoms with van der Waals surface area (Å²) in [4.78, 5) is 22.5. The zero-order valence-corrected chi connectivity index (χ0v) is 24.1. The van der Waals surface area contributed by atoms with Crippen molar-refractivity contribution in [2.75, 3.05) is 57.2 Å². The highest BCUT2D eigenvalue weighted by Crippen LogP contribution is 2.23. The van der Waals surface area contributed by atoms with Crippen LogP contribution in [0.15, 0.2) is 66.9 Å². The van der Waals surface area contributed by atoms with Gasteiger partial charge in [0.1, 0.15) is 11.6 Å². The summed E-state index contributed by atoms with van der Waals surface area (Å²) in [6.07, 6.45) is 3.91. The predicted molar refractivity (Wildman–Crippen MR) is 161 cm³/mol. The highest BCUT2D eigenvalue weighted by atomic mass is 32.2. The molecule has 0 saturated carbocycles. The van der Waals surface area contributed by atoms with Gasteiger partial charge in [-0.25, -0.2) is 9.50 Å². The van der Waals surface area contributed by atoms with Gasteiger partial charge in [0.2, 0.25) is 0 Å². The standard InChI is InChI=1S/C30H38N6O2S/c1-5-34(6-2)18-19-35(22-23-7-13-26(38-3)14-8-23)30(37)25-11-9-24(10-12-25)27-21-32-29-16-15-28(33-36(27)29)31-17-20-39-4/h7-16,21H,5-6,17-20,22H2,1-4H3,(H,31,33). The van der Waals surface area contributed by atoms with Crippen molar-refractivity contribution in [2.45, 2.75) is 20.4 Å². The minimum Gasteiger partial charge on any atom is -0.497 e. The maximum atomic E-state index is 13.7. The fourth-order valence-corrected chi connectivity index (χ4v) is 4.72. The van der Waals surface area contributed by atoms with Crippen molar-refractivity contribution in [1.82, 2.24) is 24.4 Å². The highest BCUT2D eigenvalue weighted by Gasteiger charge is 2.18. The number of ether oxygens (including phenoxy) is 1. The number of anilines is 1. The monoisotopic (exact) mass is 546 g/mol. The van der Waals surface area contributed by atoms with Gasteiger partial charge < -0.3 is 19.9 Å². The third-order valence-corrected chi connectivity index (χ3v) is 7.41. The second kappa shape index (κ2) is 14.0. The number of amides is 1. The molecule has 206 valence electrons. The Kier molecular flexibility index (Phi) is 10.2. The van der Waals surface area contributed by atoms with Crippen LogP contribution in [0.1, 0.15) is 29.8 Å². The number of rotatable bonds is 14. The van der Waals surface area contributed by atoms with Crippen LogP contribution in [-0.4, -0.2) is 82.1 Å². The molecule has 0 atom stereocenters. The lowest BCUT2D eigenvalue weighted by Gasteiger charge is -2.27. The average Bonchev–Trinajstić information content (AvgIpc) is 3.40. The summed E-state index contributed by atoms with van der Waals surface area (Å²) >= 11 is 1.79. The fraction of sp³-hybridized carbons (Fsp3) is 0.367. The molecule has 4 aromatic rings. The molecule has 1 N–H and O–H groups in total. The Hall–Kier alpha value is -3.56. The summed E-state index contributed by atoms with van der Waals surface area (Å²) in [6, 6.07) is 19.6. The zero-order chi connectivity index (χ0) is 27.6. The van der Waals surface area contributed by atoms with E-state index in [1.54, 1.807) is 18.9 Å². The molecule has 0 fully saturated rings. The summed E-state index contributed by atoms with van der Waals surface area (Å²) in [5.74, 6) is 2.64. The maximum absolute atomic E-state index is 13.7. The van der Waals surface area contributed by atoms with Crippen molar-refractivity contribution in [3.05, 3.63) is 78.0 Å². The Morgan fingerprint density at radius 3 is 2.41 bits per heavy atom. The number of nitrogens with zero attached hydrogens (tertiary/aromatic N) is 5. The molecule has 1 amide bonds. The lowest BCUT2D eigenvalue weighted by atomic mass is 10.1. The summed E-state index contributed by atoms with van der Waals surface area (Å²) in [5, 5.41) is 8.09. The van der Waals surface area contributed by atoms with E-state index in [0.717, 1.165) is 66.0 Å². The van der Waals surface area contributed by atoms with Crippen molar-refractivity contribution in [3.63, 3.8) is 0 Å². The van der Waals surface area contributed by atoms with Crippen LogP contribution in [0.5, 0.6) is 5.75 Å².